The smallest absolute Gasteiger partial charge is 0.304 e. The van der Waals surface area contributed by atoms with Gasteiger partial charge in [-0.05, 0) is 31.5 Å². The summed E-state index contributed by atoms with van der Waals surface area (Å²) in [6.45, 7) is 4.14. The second-order valence-corrected chi connectivity index (χ2v) is 4.21. The Labute approximate surface area is 94.3 Å². The molecule has 0 spiro atoms. The summed E-state index contributed by atoms with van der Waals surface area (Å²) >= 11 is 0. The highest BCUT2D eigenvalue weighted by Gasteiger charge is 2.19. The summed E-state index contributed by atoms with van der Waals surface area (Å²) < 4.78 is 13.0. The van der Waals surface area contributed by atoms with Gasteiger partial charge in [0.15, 0.2) is 0 Å². The highest BCUT2D eigenvalue weighted by atomic mass is 19.1. The minimum atomic E-state index is -0.845. The number of carbonyl (C=O) groups is 1. The van der Waals surface area contributed by atoms with Crippen molar-refractivity contribution in [3.63, 3.8) is 0 Å². The zero-order valence-electron chi connectivity index (χ0n) is 9.46. The number of rotatable bonds is 5. The van der Waals surface area contributed by atoms with Crippen LogP contribution in [0.4, 0.5) is 4.39 Å². The number of benzene rings is 1. The van der Waals surface area contributed by atoms with E-state index in [-0.39, 0.29) is 12.2 Å². The van der Waals surface area contributed by atoms with Crippen LogP contribution in [0.2, 0.25) is 0 Å². The van der Waals surface area contributed by atoms with Gasteiger partial charge in [-0.2, -0.15) is 0 Å². The third kappa shape index (κ3) is 3.62. The first kappa shape index (κ1) is 12.6. The van der Waals surface area contributed by atoms with Gasteiger partial charge in [-0.3, -0.25) is 4.79 Å². The number of hydrogen-bond acceptors (Lipinski definition) is 2. The van der Waals surface area contributed by atoms with Gasteiger partial charge in [0.2, 0.25) is 0 Å². The second-order valence-electron chi connectivity index (χ2n) is 4.21. The van der Waals surface area contributed by atoms with Crippen LogP contribution in [-0.2, 0) is 10.3 Å². The van der Waals surface area contributed by atoms with Crippen LogP contribution in [0.25, 0.3) is 0 Å². The van der Waals surface area contributed by atoms with Crippen LogP contribution in [0.1, 0.15) is 25.8 Å². The van der Waals surface area contributed by atoms with Gasteiger partial charge in [-0.25, -0.2) is 4.39 Å². The third-order valence-corrected chi connectivity index (χ3v) is 2.45. The number of halogens is 1. The van der Waals surface area contributed by atoms with Crippen molar-refractivity contribution in [2.24, 2.45) is 0 Å². The topological polar surface area (TPSA) is 49.3 Å². The SMILES string of the molecule is CC(C)(NCCC(=O)O)c1cccc(F)c1. The van der Waals surface area contributed by atoms with Crippen LogP contribution in [-0.4, -0.2) is 17.6 Å². The molecule has 16 heavy (non-hydrogen) atoms. The van der Waals surface area contributed by atoms with Crippen molar-refractivity contribution in [3.05, 3.63) is 35.6 Å². The summed E-state index contributed by atoms with van der Waals surface area (Å²) in [5, 5.41) is 11.6. The number of nitrogens with one attached hydrogen (secondary N) is 1. The summed E-state index contributed by atoms with van der Waals surface area (Å²) in [6, 6.07) is 6.30. The molecule has 88 valence electrons. The Morgan fingerprint density at radius 2 is 2.19 bits per heavy atom. The van der Waals surface area contributed by atoms with E-state index in [0.29, 0.717) is 6.54 Å². The summed E-state index contributed by atoms with van der Waals surface area (Å²) in [7, 11) is 0. The number of carboxylic acids is 1. The quantitative estimate of drug-likeness (QED) is 0.807. The molecule has 4 heteroatoms. The standard InChI is InChI=1S/C12H16FNO2/c1-12(2,14-7-6-11(15)16)9-4-3-5-10(13)8-9/h3-5,8,14H,6-7H2,1-2H3,(H,15,16). The van der Waals surface area contributed by atoms with Crippen molar-refractivity contribution in [1.82, 2.24) is 5.32 Å². The normalized spacial score (nSPS) is 11.4. The lowest BCUT2D eigenvalue weighted by Gasteiger charge is -2.26. The number of hydrogen-bond donors (Lipinski definition) is 2. The first-order chi connectivity index (χ1) is 7.42. The molecule has 0 radical (unpaired) electrons. The number of carboxylic acid groups (broad SMARTS) is 1. The molecule has 0 aliphatic rings. The Bertz CT molecular complexity index is 377. The fourth-order valence-corrected chi connectivity index (χ4v) is 1.46. The van der Waals surface area contributed by atoms with Crippen molar-refractivity contribution in [2.75, 3.05) is 6.54 Å². The van der Waals surface area contributed by atoms with E-state index in [0.717, 1.165) is 5.56 Å². The van der Waals surface area contributed by atoms with Gasteiger partial charge >= 0.3 is 5.97 Å². The lowest BCUT2D eigenvalue weighted by Crippen LogP contribution is -2.37. The Balaban J connectivity index is 2.66. The van der Waals surface area contributed by atoms with Crippen LogP contribution >= 0.6 is 0 Å². The summed E-state index contributed by atoms with van der Waals surface area (Å²) in [6.07, 6.45) is 0.0543. The van der Waals surface area contributed by atoms with Gasteiger partial charge in [0.1, 0.15) is 5.82 Å². The van der Waals surface area contributed by atoms with Crippen LogP contribution in [0.5, 0.6) is 0 Å². The van der Waals surface area contributed by atoms with E-state index >= 15 is 0 Å². The first-order valence-corrected chi connectivity index (χ1v) is 5.15. The van der Waals surface area contributed by atoms with E-state index in [1.54, 1.807) is 6.07 Å². The van der Waals surface area contributed by atoms with Gasteiger partial charge in [-0.1, -0.05) is 12.1 Å². The Kier molecular flexibility index (Phi) is 4.01. The molecule has 0 atom stereocenters. The zero-order chi connectivity index (χ0) is 12.2. The molecule has 1 aromatic carbocycles. The molecule has 0 bridgehead atoms. The molecule has 0 heterocycles. The van der Waals surface area contributed by atoms with Crippen molar-refractivity contribution in [3.8, 4) is 0 Å². The lowest BCUT2D eigenvalue weighted by atomic mass is 9.94. The molecule has 0 amide bonds. The van der Waals surface area contributed by atoms with Crippen molar-refractivity contribution in [2.45, 2.75) is 25.8 Å². The second kappa shape index (κ2) is 5.07. The minimum absolute atomic E-state index is 0.0543. The van der Waals surface area contributed by atoms with E-state index in [1.807, 2.05) is 19.9 Å². The van der Waals surface area contributed by atoms with Gasteiger partial charge in [-0.15, -0.1) is 0 Å². The molecule has 0 aromatic heterocycles. The molecule has 0 aliphatic heterocycles. The van der Waals surface area contributed by atoms with E-state index in [4.69, 9.17) is 5.11 Å². The minimum Gasteiger partial charge on any atom is -0.481 e. The fourth-order valence-electron chi connectivity index (χ4n) is 1.46. The van der Waals surface area contributed by atoms with E-state index in [2.05, 4.69) is 5.32 Å². The third-order valence-electron chi connectivity index (χ3n) is 2.45. The predicted octanol–water partition coefficient (Wildman–Crippen LogP) is 2.13. The largest absolute Gasteiger partial charge is 0.481 e. The predicted molar refractivity (Wildman–Crippen MR) is 59.7 cm³/mol. The number of aliphatic carboxylic acids is 1. The molecular weight excluding hydrogens is 209 g/mol. The molecule has 1 aromatic rings. The molecule has 0 unspecified atom stereocenters. The average Bonchev–Trinajstić information content (AvgIpc) is 2.16. The Morgan fingerprint density at radius 3 is 2.75 bits per heavy atom. The van der Waals surface area contributed by atoms with Crippen molar-refractivity contribution in [1.29, 1.82) is 0 Å². The molecule has 3 nitrogen and oxygen atoms in total. The first-order valence-electron chi connectivity index (χ1n) is 5.15. The Morgan fingerprint density at radius 1 is 1.50 bits per heavy atom. The lowest BCUT2D eigenvalue weighted by molar-refractivity contribution is -0.136. The maximum Gasteiger partial charge on any atom is 0.304 e. The molecule has 0 saturated carbocycles. The fraction of sp³-hybridized carbons (Fsp3) is 0.417. The molecule has 0 saturated heterocycles. The van der Waals surface area contributed by atoms with Crippen LogP contribution in [0.15, 0.2) is 24.3 Å². The van der Waals surface area contributed by atoms with Crippen LogP contribution < -0.4 is 5.32 Å². The summed E-state index contributed by atoms with van der Waals surface area (Å²) in [4.78, 5) is 10.4. The van der Waals surface area contributed by atoms with E-state index in [9.17, 15) is 9.18 Å². The maximum absolute atomic E-state index is 13.0. The molecular formula is C12H16FNO2. The van der Waals surface area contributed by atoms with Gasteiger partial charge in [0.05, 0.1) is 6.42 Å². The zero-order valence-corrected chi connectivity index (χ0v) is 9.46. The van der Waals surface area contributed by atoms with Gasteiger partial charge in [0.25, 0.3) is 0 Å². The molecule has 1 rings (SSSR count). The van der Waals surface area contributed by atoms with Crippen molar-refractivity contribution < 1.29 is 14.3 Å². The highest BCUT2D eigenvalue weighted by Crippen LogP contribution is 2.20. The summed E-state index contributed by atoms with van der Waals surface area (Å²) in [5.74, 6) is -1.13. The Hall–Kier alpha value is -1.42. The monoisotopic (exact) mass is 225 g/mol. The van der Waals surface area contributed by atoms with Crippen LogP contribution in [0.3, 0.4) is 0 Å². The maximum atomic E-state index is 13.0. The molecule has 0 fully saturated rings. The van der Waals surface area contributed by atoms with Crippen molar-refractivity contribution >= 4 is 5.97 Å². The molecule has 0 aliphatic carbocycles. The van der Waals surface area contributed by atoms with Crippen LogP contribution in [0, 0.1) is 5.82 Å². The molecule has 2 N–H and O–H groups in total. The van der Waals surface area contributed by atoms with E-state index < -0.39 is 11.5 Å². The van der Waals surface area contributed by atoms with E-state index in [1.165, 1.54) is 12.1 Å². The average molecular weight is 225 g/mol. The summed E-state index contributed by atoms with van der Waals surface area (Å²) in [5.41, 5.74) is 0.371. The van der Waals surface area contributed by atoms with Gasteiger partial charge in [0, 0.05) is 12.1 Å². The van der Waals surface area contributed by atoms with Gasteiger partial charge < -0.3 is 10.4 Å². The highest BCUT2D eigenvalue weighted by molar-refractivity contribution is 5.66.